The van der Waals surface area contributed by atoms with Gasteiger partial charge in [-0.3, -0.25) is 9.59 Å². The Kier molecular flexibility index (Phi) is 4.69. The van der Waals surface area contributed by atoms with Gasteiger partial charge in [0.15, 0.2) is 0 Å². The van der Waals surface area contributed by atoms with Crippen LogP contribution in [0.4, 0.5) is 5.69 Å². The molecule has 0 aliphatic rings. The van der Waals surface area contributed by atoms with Crippen LogP contribution in [0.25, 0.3) is 0 Å². The minimum atomic E-state index is -0.466. The number of carbonyl (C=O) groups is 2. The van der Waals surface area contributed by atoms with Gasteiger partial charge in [-0.05, 0) is 30.7 Å². The summed E-state index contributed by atoms with van der Waals surface area (Å²) in [6, 6.07) is 5.52. The molecule has 0 fully saturated rings. The molecular formula is C12H15BrN2O2. The highest BCUT2D eigenvalue weighted by atomic mass is 79.9. The fourth-order valence-corrected chi connectivity index (χ4v) is 1.56. The molecule has 0 spiro atoms. The first-order valence-corrected chi connectivity index (χ1v) is 6.04. The lowest BCUT2D eigenvalue weighted by Crippen LogP contribution is -2.25. The van der Waals surface area contributed by atoms with Crippen molar-refractivity contribution in [3.05, 3.63) is 28.2 Å². The Balaban J connectivity index is 2.62. The molecule has 0 saturated heterocycles. The second-order valence-electron chi connectivity index (χ2n) is 4.02. The third-order valence-corrected chi connectivity index (χ3v) is 3.31. The Morgan fingerprint density at radius 3 is 2.65 bits per heavy atom. The van der Waals surface area contributed by atoms with E-state index in [0.29, 0.717) is 5.69 Å². The molecule has 0 heterocycles. The molecule has 1 unspecified atom stereocenters. The number of hydrogen-bond donors (Lipinski definition) is 2. The van der Waals surface area contributed by atoms with Crippen molar-refractivity contribution in [2.24, 2.45) is 11.7 Å². The minimum Gasteiger partial charge on any atom is -0.369 e. The lowest BCUT2D eigenvalue weighted by molar-refractivity contribution is -0.125. The summed E-state index contributed by atoms with van der Waals surface area (Å²) in [4.78, 5) is 22.4. The molecule has 3 N–H and O–H groups in total. The number of rotatable bonds is 4. The number of primary amides is 1. The largest absolute Gasteiger partial charge is 0.369 e. The van der Waals surface area contributed by atoms with Crippen LogP contribution in [0.3, 0.4) is 0 Å². The monoisotopic (exact) mass is 298 g/mol. The number of halogens is 1. The maximum atomic E-state index is 11.6. The SMILES string of the molecule is Cc1cc(NC(=O)CC(C)C(N)=O)ccc1Br. The van der Waals surface area contributed by atoms with Crippen LogP contribution in [0.2, 0.25) is 0 Å². The van der Waals surface area contributed by atoms with Crippen molar-refractivity contribution >= 4 is 33.4 Å². The molecule has 17 heavy (non-hydrogen) atoms. The molecule has 0 radical (unpaired) electrons. The number of nitrogens with one attached hydrogen (secondary N) is 1. The number of carbonyl (C=O) groups excluding carboxylic acids is 2. The standard InChI is InChI=1S/C12H15BrN2O2/c1-7-5-9(3-4-10(7)13)15-11(16)6-8(2)12(14)17/h3-5,8H,6H2,1-2H3,(H2,14,17)(H,15,16). The zero-order valence-corrected chi connectivity index (χ0v) is 11.4. The molecule has 0 aliphatic carbocycles. The third-order valence-electron chi connectivity index (χ3n) is 2.42. The van der Waals surface area contributed by atoms with Gasteiger partial charge in [-0.25, -0.2) is 0 Å². The molecular weight excluding hydrogens is 284 g/mol. The van der Waals surface area contributed by atoms with E-state index < -0.39 is 11.8 Å². The van der Waals surface area contributed by atoms with Crippen molar-refractivity contribution in [1.29, 1.82) is 0 Å². The van der Waals surface area contributed by atoms with E-state index >= 15 is 0 Å². The van der Waals surface area contributed by atoms with Crippen LogP contribution < -0.4 is 11.1 Å². The lowest BCUT2D eigenvalue weighted by Gasteiger charge is -2.09. The highest BCUT2D eigenvalue weighted by Crippen LogP contribution is 2.20. The summed E-state index contributed by atoms with van der Waals surface area (Å²) in [5.41, 5.74) is 6.84. The van der Waals surface area contributed by atoms with Crippen molar-refractivity contribution in [2.75, 3.05) is 5.32 Å². The van der Waals surface area contributed by atoms with Crippen molar-refractivity contribution < 1.29 is 9.59 Å². The molecule has 2 amide bonds. The Bertz CT molecular complexity index is 446. The number of benzene rings is 1. The molecule has 0 bridgehead atoms. The third kappa shape index (κ3) is 4.19. The molecule has 0 aliphatic heterocycles. The summed E-state index contributed by atoms with van der Waals surface area (Å²) in [6.45, 7) is 3.57. The Morgan fingerprint density at radius 1 is 1.47 bits per heavy atom. The second-order valence-corrected chi connectivity index (χ2v) is 4.87. The maximum absolute atomic E-state index is 11.6. The van der Waals surface area contributed by atoms with E-state index in [2.05, 4.69) is 21.2 Å². The highest BCUT2D eigenvalue weighted by molar-refractivity contribution is 9.10. The highest BCUT2D eigenvalue weighted by Gasteiger charge is 2.14. The van der Waals surface area contributed by atoms with Crippen molar-refractivity contribution in [1.82, 2.24) is 0 Å². The summed E-state index contributed by atoms with van der Waals surface area (Å²) in [6.07, 6.45) is 0.102. The van der Waals surface area contributed by atoms with Gasteiger partial charge in [-0.15, -0.1) is 0 Å². The van der Waals surface area contributed by atoms with Gasteiger partial charge in [-0.2, -0.15) is 0 Å². The van der Waals surface area contributed by atoms with Gasteiger partial charge in [0.2, 0.25) is 11.8 Å². The number of amides is 2. The van der Waals surface area contributed by atoms with E-state index in [-0.39, 0.29) is 12.3 Å². The van der Waals surface area contributed by atoms with E-state index in [1.165, 1.54) is 0 Å². The van der Waals surface area contributed by atoms with Gasteiger partial charge in [0.05, 0.1) is 0 Å². The smallest absolute Gasteiger partial charge is 0.225 e. The summed E-state index contributed by atoms with van der Waals surface area (Å²) >= 11 is 3.38. The van der Waals surface area contributed by atoms with Gasteiger partial charge in [0, 0.05) is 22.5 Å². The molecule has 1 aromatic rings. The molecule has 5 heteroatoms. The Hall–Kier alpha value is -1.36. The zero-order chi connectivity index (χ0) is 13.0. The van der Waals surface area contributed by atoms with Gasteiger partial charge in [-0.1, -0.05) is 22.9 Å². The van der Waals surface area contributed by atoms with Gasteiger partial charge in [0.25, 0.3) is 0 Å². The molecule has 1 aromatic carbocycles. The Morgan fingerprint density at radius 2 is 2.12 bits per heavy atom. The number of anilines is 1. The number of hydrogen-bond acceptors (Lipinski definition) is 2. The van der Waals surface area contributed by atoms with Crippen LogP contribution in [0.5, 0.6) is 0 Å². The average Bonchev–Trinajstić information content (AvgIpc) is 2.23. The molecule has 0 aromatic heterocycles. The average molecular weight is 299 g/mol. The topological polar surface area (TPSA) is 72.2 Å². The first-order chi connectivity index (χ1) is 7.90. The van der Waals surface area contributed by atoms with E-state index in [4.69, 9.17) is 5.73 Å². The molecule has 4 nitrogen and oxygen atoms in total. The van der Waals surface area contributed by atoms with E-state index in [1.54, 1.807) is 13.0 Å². The minimum absolute atomic E-state index is 0.102. The van der Waals surface area contributed by atoms with Gasteiger partial charge < -0.3 is 11.1 Å². The van der Waals surface area contributed by atoms with Crippen LogP contribution in [0.1, 0.15) is 18.9 Å². The van der Waals surface area contributed by atoms with Crippen molar-refractivity contribution in [2.45, 2.75) is 20.3 Å². The van der Waals surface area contributed by atoms with Crippen LogP contribution in [-0.4, -0.2) is 11.8 Å². The van der Waals surface area contributed by atoms with Crippen LogP contribution in [-0.2, 0) is 9.59 Å². The molecule has 1 atom stereocenters. The summed E-state index contributed by atoms with van der Waals surface area (Å²) in [5, 5.41) is 2.73. The van der Waals surface area contributed by atoms with E-state index in [0.717, 1.165) is 10.0 Å². The Labute approximate surface area is 109 Å². The molecule has 0 saturated carbocycles. The quantitative estimate of drug-likeness (QED) is 0.894. The van der Waals surface area contributed by atoms with Gasteiger partial charge >= 0.3 is 0 Å². The lowest BCUT2D eigenvalue weighted by atomic mass is 10.1. The van der Waals surface area contributed by atoms with Crippen molar-refractivity contribution in [3.63, 3.8) is 0 Å². The predicted octanol–water partition coefficient (Wildman–Crippen LogP) is 2.21. The van der Waals surface area contributed by atoms with E-state index in [1.807, 2.05) is 19.1 Å². The second kappa shape index (κ2) is 5.82. The fraction of sp³-hybridized carbons (Fsp3) is 0.333. The first-order valence-electron chi connectivity index (χ1n) is 5.25. The fourth-order valence-electron chi connectivity index (χ4n) is 1.31. The predicted molar refractivity (Wildman–Crippen MR) is 70.5 cm³/mol. The van der Waals surface area contributed by atoms with Crippen LogP contribution in [0, 0.1) is 12.8 Å². The van der Waals surface area contributed by atoms with Crippen LogP contribution >= 0.6 is 15.9 Å². The number of nitrogens with two attached hydrogens (primary N) is 1. The zero-order valence-electron chi connectivity index (χ0n) is 9.79. The summed E-state index contributed by atoms with van der Waals surface area (Å²) in [7, 11) is 0. The summed E-state index contributed by atoms with van der Waals surface area (Å²) < 4.78 is 0.987. The molecule has 92 valence electrons. The van der Waals surface area contributed by atoms with E-state index in [9.17, 15) is 9.59 Å². The normalized spacial score (nSPS) is 11.9. The van der Waals surface area contributed by atoms with Crippen molar-refractivity contribution in [3.8, 4) is 0 Å². The maximum Gasteiger partial charge on any atom is 0.225 e. The van der Waals surface area contributed by atoms with Gasteiger partial charge in [0.1, 0.15) is 0 Å². The van der Waals surface area contributed by atoms with Crippen LogP contribution in [0.15, 0.2) is 22.7 Å². The number of aryl methyl sites for hydroxylation is 1. The molecule has 1 rings (SSSR count). The summed E-state index contributed by atoms with van der Waals surface area (Å²) in [5.74, 6) is -1.13. The first kappa shape index (κ1) is 13.7.